The Morgan fingerprint density at radius 3 is 1.56 bits per heavy atom. The number of amides is 5. The van der Waals surface area contributed by atoms with Gasteiger partial charge in [0.05, 0.1) is 32.7 Å². The van der Waals surface area contributed by atoms with Gasteiger partial charge >= 0.3 is 0 Å². The zero-order valence-corrected chi connectivity index (χ0v) is 26.8. The van der Waals surface area contributed by atoms with Gasteiger partial charge < -0.3 is 40.8 Å². The van der Waals surface area contributed by atoms with Crippen molar-refractivity contribution in [1.82, 2.24) is 26.6 Å². The van der Waals surface area contributed by atoms with Gasteiger partial charge in [-0.3, -0.25) is 24.0 Å². The van der Waals surface area contributed by atoms with Crippen LogP contribution in [0.4, 0.5) is 0 Å². The first kappa shape index (κ1) is 33.1. The first-order valence-electron chi connectivity index (χ1n) is 14.8. The number of hydrogen-bond donors (Lipinski definition) is 5. The molecule has 2 aliphatic heterocycles. The second-order valence-electron chi connectivity index (χ2n) is 11.8. The van der Waals surface area contributed by atoms with Crippen molar-refractivity contribution >= 4 is 29.5 Å². The Labute approximate surface area is 262 Å². The van der Waals surface area contributed by atoms with Gasteiger partial charge in [-0.05, 0) is 39.8 Å². The molecule has 242 valence electrons. The maximum absolute atomic E-state index is 13.3. The molecule has 0 aromatic heterocycles. The molecule has 13 nitrogen and oxygen atoms in total. The molecule has 0 aliphatic carbocycles. The van der Waals surface area contributed by atoms with Gasteiger partial charge in [0.2, 0.25) is 29.5 Å². The van der Waals surface area contributed by atoms with Gasteiger partial charge in [-0.25, -0.2) is 0 Å². The van der Waals surface area contributed by atoms with Gasteiger partial charge in [-0.1, -0.05) is 26.0 Å². The Balaban J connectivity index is 1.81. The zero-order valence-electron chi connectivity index (χ0n) is 26.8. The Bertz CT molecular complexity index is 1540. The summed E-state index contributed by atoms with van der Waals surface area (Å²) in [4.78, 5) is 64.8. The fourth-order valence-corrected chi connectivity index (χ4v) is 5.46. The zero-order chi connectivity index (χ0) is 33.2. The van der Waals surface area contributed by atoms with Crippen LogP contribution < -0.4 is 40.8 Å². The van der Waals surface area contributed by atoms with E-state index < -0.39 is 59.1 Å². The van der Waals surface area contributed by atoms with Crippen molar-refractivity contribution in [3.8, 4) is 23.0 Å². The Hall–Kier alpha value is -4.81. The van der Waals surface area contributed by atoms with E-state index in [1.54, 1.807) is 12.1 Å². The van der Waals surface area contributed by atoms with Gasteiger partial charge in [-0.15, -0.1) is 0 Å². The lowest BCUT2D eigenvalue weighted by Crippen LogP contribution is -2.56. The highest BCUT2D eigenvalue weighted by Gasteiger charge is 2.39. The third-order valence-corrected chi connectivity index (χ3v) is 8.23. The molecule has 0 spiro atoms. The summed E-state index contributed by atoms with van der Waals surface area (Å²) >= 11 is 0. The average Bonchev–Trinajstić information content (AvgIpc) is 2.99. The summed E-state index contributed by atoms with van der Waals surface area (Å²) in [6.45, 7) is 10.0. The number of nitrogens with one attached hydrogen (secondary N) is 5. The van der Waals surface area contributed by atoms with Crippen LogP contribution in [0.5, 0.6) is 23.0 Å². The standard InChI is InChI=1S/C32H41N5O8/c1-15-28(39)33-14-20-24(44-8)12-10-22-27(20)45-26-19(23(43-7)11-9-21(26)32(22,5)6)13-25(38)34-16(2)29(40)36-18(4)31(42)37-17(3)30(41)35-15/h9-12,15-18H,13-14H2,1-8H3,(H,33,39)(H,34,38)(H,35,41)(H,36,40)(H,37,42). The third-order valence-electron chi connectivity index (χ3n) is 8.23. The summed E-state index contributed by atoms with van der Waals surface area (Å²) in [6, 6.07) is 3.43. The second kappa shape index (κ2) is 13.0. The summed E-state index contributed by atoms with van der Waals surface area (Å²) in [7, 11) is 3.00. The average molecular weight is 624 g/mol. The number of ether oxygens (including phenoxy) is 3. The molecule has 2 heterocycles. The van der Waals surface area contributed by atoms with Gasteiger partial charge in [0.1, 0.15) is 47.2 Å². The summed E-state index contributed by atoms with van der Waals surface area (Å²) in [5.74, 6) is -0.979. The first-order chi connectivity index (χ1) is 21.2. The van der Waals surface area contributed by atoms with Gasteiger partial charge in [-0.2, -0.15) is 0 Å². The summed E-state index contributed by atoms with van der Waals surface area (Å²) in [6.07, 6.45) is -0.176. The third kappa shape index (κ3) is 6.66. The van der Waals surface area contributed by atoms with Crippen molar-refractivity contribution in [2.45, 2.75) is 84.1 Å². The fourth-order valence-electron chi connectivity index (χ4n) is 5.46. The van der Waals surface area contributed by atoms with E-state index >= 15 is 0 Å². The van der Waals surface area contributed by atoms with Crippen LogP contribution in [0.25, 0.3) is 0 Å². The molecule has 5 amide bonds. The van der Waals surface area contributed by atoms with Gasteiger partial charge in [0.25, 0.3) is 0 Å². The molecular formula is C32H41N5O8. The predicted octanol–water partition coefficient (Wildman–Crippen LogP) is 1.33. The molecule has 0 radical (unpaired) electrons. The monoisotopic (exact) mass is 623 g/mol. The minimum atomic E-state index is -1.01. The van der Waals surface area contributed by atoms with Gasteiger partial charge in [0, 0.05) is 22.1 Å². The van der Waals surface area contributed by atoms with E-state index in [2.05, 4.69) is 26.6 Å². The molecule has 4 rings (SSSR count). The van der Waals surface area contributed by atoms with Crippen LogP contribution >= 0.6 is 0 Å². The van der Waals surface area contributed by atoms with Crippen molar-refractivity contribution < 1.29 is 38.2 Å². The molecule has 0 fully saturated rings. The summed E-state index contributed by atoms with van der Waals surface area (Å²) in [5, 5.41) is 13.2. The largest absolute Gasteiger partial charge is 0.496 e. The minimum absolute atomic E-state index is 0.00565. The minimum Gasteiger partial charge on any atom is -0.496 e. The van der Waals surface area contributed by atoms with Crippen LogP contribution in [0.1, 0.15) is 63.8 Å². The molecule has 0 saturated heterocycles. The van der Waals surface area contributed by atoms with E-state index in [1.165, 1.54) is 41.9 Å². The quantitative estimate of drug-likeness (QED) is 0.333. The lowest BCUT2D eigenvalue weighted by molar-refractivity contribution is -0.133. The molecule has 2 aromatic carbocycles. The molecule has 0 saturated carbocycles. The predicted molar refractivity (Wildman–Crippen MR) is 164 cm³/mol. The van der Waals surface area contributed by atoms with Crippen molar-refractivity contribution in [3.63, 3.8) is 0 Å². The highest BCUT2D eigenvalue weighted by atomic mass is 16.5. The van der Waals surface area contributed by atoms with E-state index in [4.69, 9.17) is 14.2 Å². The fraction of sp³-hybridized carbons (Fsp3) is 0.469. The lowest BCUT2D eigenvalue weighted by Gasteiger charge is -2.37. The molecule has 2 aliphatic rings. The number of benzene rings is 2. The topological polar surface area (TPSA) is 173 Å². The molecule has 45 heavy (non-hydrogen) atoms. The van der Waals surface area contributed by atoms with E-state index in [9.17, 15) is 24.0 Å². The molecule has 5 N–H and O–H groups in total. The van der Waals surface area contributed by atoms with Crippen molar-refractivity contribution in [2.75, 3.05) is 14.2 Å². The van der Waals surface area contributed by atoms with E-state index in [0.29, 0.717) is 34.1 Å². The smallest absolute Gasteiger partial charge is 0.242 e. The van der Waals surface area contributed by atoms with Crippen molar-refractivity contribution in [1.29, 1.82) is 0 Å². The molecule has 4 atom stereocenters. The van der Waals surface area contributed by atoms with Crippen molar-refractivity contribution in [2.24, 2.45) is 0 Å². The van der Waals surface area contributed by atoms with E-state index in [-0.39, 0.29) is 13.0 Å². The Morgan fingerprint density at radius 1 is 0.644 bits per heavy atom. The van der Waals surface area contributed by atoms with Crippen LogP contribution in [-0.2, 0) is 42.4 Å². The second-order valence-corrected chi connectivity index (χ2v) is 11.8. The summed E-state index contributed by atoms with van der Waals surface area (Å²) < 4.78 is 17.9. The maximum Gasteiger partial charge on any atom is 0.242 e. The molecule has 2 bridgehead atoms. The Morgan fingerprint density at radius 2 is 1.07 bits per heavy atom. The summed E-state index contributed by atoms with van der Waals surface area (Å²) in [5.41, 5.74) is 2.09. The van der Waals surface area contributed by atoms with E-state index in [1.807, 2.05) is 26.0 Å². The van der Waals surface area contributed by atoms with Crippen molar-refractivity contribution in [3.05, 3.63) is 46.5 Å². The van der Waals surface area contributed by atoms with Crippen LogP contribution in [0, 0.1) is 0 Å². The maximum atomic E-state index is 13.3. The van der Waals surface area contributed by atoms with E-state index in [0.717, 1.165) is 11.1 Å². The highest BCUT2D eigenvalue weighted by Crippen LogP contribution is 2.53. The Kier molecular flexibility index (Phi) is 9.59. The number of carbonyl (C=O) groups is 5. The first-order valence-corrected chi connectivity index (χ1v) is 14.8. The number of methoxy groups -OCH3 is 2. The lowest BCUT2D eigenvalue weighted by atomic mass is 9.74. The van der Waals surface area contributed by atoms with Crippen LogP contribution in [0.3, 0.4) is 0 Å². The number of carbonyl (C=O) groups excluding carboxylic acids is 5. The normalized spacial score (nSPS) is 24.0. The number of rotatable bonds is 2. The molecule has 4 unspecified atom stereocenters. The molecular weight excluding hydrogens is 582 g/mol. The van der Waals surface area contributed by atoms with Crippen LogP contribution in [0.15, 0.2) is 24.3 Å². The van der Waals surface area contributed by atoms with Gasteiger partial charge in [0.15, 0.2) is 0 Å². The SMILES string of the molecule is COc1ccc2c3c1CNC(=O)C(C)NC(=O)C(C)NC(=O)C(C)NC(=O)C(C)NC(=O)Cc1c(OC)ccc(c1O3)C2(C)C. The molecule has 2 aromatic rings. The molecule has 13 heteroatoms. The highest BCUT2D eigenvalue weighted by molar-refractivity contribution is 5.95. The van der Waals surface area contributed by atoms with Crippen LogP contribution in [-0.4, -0.2) is 67.9 Å². The van der Waals surface area contributed by atoms with Crippen LogP contribution in [0.2, 0.25) is 0 Å². The number of hydrogen-bond acceptors (Lipinski definition) is 8.